The van der Waals surface area contributed by atoms with Gasteiger partial charge in [-0.3, -0.25) is 14.4 Å². The van der Waals surface area contributed by atoms with Crippen molar-refractivity contribution in [3.8, 4) is 0 Å². The molecule has 3 aliphatic heterocycles. The number of alkyl halides is 1. The summed E-state index contributed by atoms with van der Waals surface area (Å²) >= 11 is 3.78. The summed E-state index contributed by atoms with van der Waals surface area (Å²) in [5.41, 5.74) is 1.65. The van der Waals surface area contributed by atoms with Gasteiger partial charge in [-0.15, -0.1) is 13.2 Å². The molecule has 0 radical (unpaired) electrons. The fourth-order valence-corrected chi connectivity index (χ4v) is 8.14. The Morgan fingerprint density at radius 1 is 1.14 bits per heavy atom. The average Bonchev–Trinajstić information content (AvgIpc) is 3.55. The number of rotatable bonds is 15. The van der Waals surface area contributed by atoms with E-state index in [0.29, 0.717) is 38.9 Å². The molecule has 3 heterocycles. The number of nitrogens with zero attached hydrogens (tertiary/aromatic N) is 3. The van der Waals surface area contributed by atoms with Crippen LogP contribution in [0.3, 0.4) is 0 Å². The fraction of sp³-hybridized carbons (Fsp3) is 0.606. The summed E-state index contributed by atoms with van der Waals surface area (Å²) in [4.78, 5) is 48.3. The maximum atomic E-state index is 14.8. The van der Waals surface area contributed by atoms with Crippen molar-refractivity contribution in [2.75, 3.05) is 37.7 Å². The Morgan fingerprint density at radius 2 is 1.86 bits per heavy atom. The number of hydrogen-bond donors (Lipinski definition) is 1. The first-order valence-corrected chi connectivity index (χ1v) is 16.2. The number of amides is 3. The number of aliphatic hydroxyl groups excluding tert-OH is 1. The van der Waals surface area contributed by atoms with Crippen molar-refractivity contribution < 1.29 is 24.2 Å². The van der Waals surface area contributed by atoms with Crippen molar-refractivity contribution in [2.24, 2.45) is 11.8 Å². The highest BCUT2D eigenvalue weighted by atomic mass is 79.9. The zero-order valence-corrected chi connectivity index (χ0v) is 26.9. The van der Waals surface area contributed by atoms with Gasteiger partial charge in [-0.1, -0.05) is 60.0 Å². The molecule has 0 aromatic heterocycles. The molecule has 6 atom stereocenters. The molecule has 2 bridgehead atoms. The van der Waals surface area contributed by atoms with Crippen molar-refractivity contribution in [1.29, 1.82) is 0 Å². The molecule has 1 aromatic carbocycles. The van der Waals surface area contributed by atoms with Crippen molar-refractivity contribution in [3.63, 3.8) is 0 Å². The minimum atomic E-state index is -1.11. The first-order valence-electron chi connectivity index (χ1n) is 15.3. The van der Waals surface area contributed by atoms with E-state index in [0.717, 1.165) is 36.1 Å². The van der Waals surface area contributed by atoms with Gasteiger partial charge in [0.05, 0.1) is 17.9 Å². The highest BCUT2D eigenvalue weighted by Gasteiger charge is 2.76. The number of halogens is 1. The van der Waals surface area contributed by atoms with Crippen molar-refractivity contribution in [3.05, 3.63) is 54.6 Å². The third-order valence-electron chi connectivity index (χ3n) is 9.00. The van der Waals surface area contributed by atoms with Crippen LogP contribution in [-0.2, 0) is 19.1 Å². The van der Waals surface area contributed by atoms with Crippen molar-refractivity contribution in [1.82, 2.24) is 9.80 Å². The molecule has 9 heteroatoms. The quantitative estimate of drug-likeness (QED) is 0.172. The van der Waals surface area contributed by atoms with Crippen LogP contribution in [0.2, 0.25) is 0 Å². The summed E-state index contributed by atoms with van der Waals surface area (Å²) in [7, 11) is 0. The summed E-state index contributed by atoms with van der Waals surface area (Å²) in [6.07, 6.45) is 7.24. The second kappa shape index (κ2) is 13.9. The molecule has 0 saturated carbocycles. The van der Waals surface area contributed by atoms with Gasteiger partial charge in [0.15, 0.2) is 0 Å². The highest BCUT2D eigenvalue weighted by Crippen LogP contribution is 2.60. The number of aryl methyl sites for hydroxylation is 2. The SMILES string of the molecule is C=CCN(CCC)C(=O)[C@H]1[C@H]2C(=O)N(CCCCCCO)C(C(=O)N(CC=C)c3cc(C)ccc3C)C23CC(Br)[C@@H]1O3. The van der Waals surface area contributed by atoms with Gasteiger partial charge in [0.1, 0.15) is 11.6 Å². The molecule has 3 unspecified atom stereocenters. The molecule has 3 saturated heterocycles. The fourth-order valence-electron chi connectivity index (χ4n) is 7.20. The van der Waals surface area contributed by atoms with Crippen LogP contribution in [0.4, 0.5) is 5.69 Å². The summed E-state index contributed by atoms with van der Waals surface area (Å²) in [6.45, 7) is 15.5. The number of fused-ring (bicyclic) bond motifs is 1. The zero-order chi connectivity index (χ0) is 30.6. The van der Waals surface area contributed by atoms with E-state index in [-0.39, 0.29) is 35.7 Å². The van der Waals surface area contributed by atoms with Gasteiger partial charge < -0.3 is 24.5 Å². The number of unbranched alkanes of at least 4 members (excludes halogenated alkanes) is 3. The number of hydrogen-bond acceptors (Lipinski definition) is 5. The number of aliphatic hydroxyl groups is 1. The zero-order valence-electron chi connectivity index (χ0n) is 25.3. The molecule has 42 heavy (non-hydrogen) atoms. The van der Waals surface area contributed by atoms with Crippen LogP contribution in [0.5, 0.6) is 0 Å². The Hall–Kier alpha value is -2.49. The topological polar surface area (TPSA) is 90.4 Å². The number of carbonyl (C=O) groups is 3. The van der Waals surface area contributed by atoms with Crippen molar-refractivity contribution >= 4 is 39.3 Å². The first kappa shape index (κ1) is 32.4. The van der Waals surface area contributed by atoms with Gasteiger partial charge in [-0.25, -0.2) is 0 Å². The Labute approximate surface area is 258 Å². The molecule has 1 aromatic rings. The van der Waals surface area contributed by atoms with Gasteiger partial charge in [0, 0.05) is 43.3 Å². The molecule has 3 fully saturated rings. The van der Waals surface area contributed by atoms with Crippen LogP contribution >= 0.6 is 15.9 Å². The highest BCUT2D eigenvalue weighted by molar-refractivity contribution is 9.09. The van der Waals surface area contributed by atoms with Crippen LogP contribution in [-0.4, -0.2) is 88.0 Å². The molecule has 0 aliphatic carbocycles. The minimum absolute atomic E-state index is 0.111. The number of benzene rings is 1. The first-order chi connectivity index (χ1) is 20.2. The van der Waals surface area contributed by atoms with Crippen LogP contribution in [0, 0.1) is 25.7 Å². The summed E-state index contributed by atoms with van der Waals surface area (Å²) in [5, 5.41) is 9.22. The Bertz CT molecular complexity index is 1190. The lowest BCUT2D eigenvalue weighted by atomic mass is 9.70. The van der Waals surface area contributed by atoms with Gasteiger partial charge in [0.25, 0.3) is 5.91 Å². The van der Waals surface area contributed by atoms with Gasteiger partial charge in [0.2, 0.25) is 11.8 Å². The molecule has 3 aliphatic rings. The molecule has 8 nitrogen and oxygen atoms in total. The predicted octanol–water partition coefficient (Wildman–Crippen LogP) is 4.55. The largest absolute Gasteiger partial charge is 0.396 e. The summed E-state index contributed by atoms with van der Waals surface area (Å²) < 4.78 is 6.74. The lowest BCUT2D eigenvalue weighted by Gasteiger charge is -2.38. The molecule has 1 spiro atoms. The van der Waals surface area contributed by atoms with Crippen LogP contribution in [0.25, 0.3) is 0 Å². The van der Waals surface area contributed by atoms with E-state index < -0.39 is 29.6 Å². The number of likely N-dealkylation sites (tertiary alicyclic amines) is 1. The van der Waals surface area contributed by atoms with E-state index in [2.05, 4.69) is 29.1 Å². The summed E-state index contributed by atoms with van der Waals surface area (Å²) in [6, 6.07) is 5.14. The molecular formula is C33H46BrN3O5. The predicted molar refractivity (Wildman–Crippen MR) is 169 cm³/mol. The van der Waals surface area contributed by atoms with E-state index >= 15 is 0 Å². The van der Waals surface area contributed by atoms with E-state index in [1.807, 2.05) is 39.0 Å². The van der Waals surface area contributed by atoms with E-state index in [4.69, 9.17) is 4.74 Å². The minimum Gasteiger partial charge on any atom is -0.396 e. The van der Waals surface area contributed by atoms with E-state index in [1.54, 1.807) is 26.9 Å². The van der Waals surface area contributed by atoms with E-state index in [9.17, 15) is 19.5 Å². The van der Waals surface area contributed by atoms with Gasteiger partial charge in [-0.2, -0.15) is 0 Å². The summed E-state index contributed by atoms with van der Waals surface area (Å²) in [5.74, 6) is -1.90. The molecule has 3 amide bonds. The maximum absolute atomic E-state index is 14.8. The third kappa shape index (κ3) is 5.84. The molecule has 4 rings (SSSR count). The normalized spacial score (nSPS) is 27.7. The lowest BCUT2D eigenvalue weighted by molar-refractivity contribution is -0.145. The second-order valence-corrected chi connectivity index (χ2v) is 13.1. The number of ether oxygens (including phenoxy) is 1. The third-order valence-corrected chi connectivity index (χ3v) is 9.85. The number of carbonyl (C=O) groups excluding carboxylic acids is 3. The number of anilines is 1. The van der Waals surface area contributed by atoms with Crippen LogP contribution in [0.1, 0.15) is 56.6 Å². The lowest BCUT2D eigenvalue weighted by Crippen LogP contribution is -2.57. The standard InChI is InChI=1S/C33H46BrN3O5/c1-6-15-35(16-7-2)30(39)26-27-31(40)37(18-11-9-10-12-19-38)29(33(27)21-24(34)28(26)42-33)32(41)36(17-8-3)25-20-22(4)13-14-23(25)5/h6,8,13-14,20,24,26-29,38H,1,3,7,9-12,15-19,21H2,2,4-5H3/t24?,26-,27-,28-,29?,33?/m0/s1. The monoisotopic (exact) mass is 643 g/mol. The Morgan fingerprint density at radius 3 is 2.52 bits per heavy atom. The maximum Gasteiger partial charge on any atom is 0.253 e. The smallest absolute Gasteiger partial charge is 0.253 e. The molecular weight excluding hydrogens is 598 g/mol. The van der Waals surface area contributed by atoms with Gasteiger partial charge in [-0.05, 0) is 56.7 Å². The molecule has 230 valence electrons. The second-order valence-electron chi connectivity index (χ2n) is 11.9. The Balaban J connectivity index is 1.77. The van der Waals surface area contributed by atoms with Crippen LogP contribution < -0.4 is 4.90 Å². The van der Waals surface area contributed by atoms with Crippen molar-refractivity contribution in [2.45, 2.75) is 81.9 Å². The Kier molecular flexibility index (Phi) is 10.7. The van der Waals surface area contributed by atoms with E-state index in [1.165, 1.54) is 0 Å². The molecule has 1 N–H and O–H groups in total. The van der Waals surface area contributed by atoms with Crippen LogP contribution in [0.15, 0.2) is 43.5 Å². The van der Waals surface area contributed by atoms with Gasteiger partial charge >= 0.3 is 0 Å². The average molecular weight is 645 g/mol.